The van der Waals surface area contributed by atoms with E-state index >= 15 is 0 Å². The van der Waals surface area contributed by atoms with Crippen LogP contribution in [0.2, 0.25) is 0 Å². The van der Waals surface area contributed by atoms with E-state index in [0.717, 1.165) is 44.6 Å². The molecule has 2 heterocycles. The number of para-hydroxylation sites is 4. The fourth-order valence-corrected chi connectivity index (χ4v) is 6.70. The minimum Gasteiger partial charge on any atom is -0.493 e. The van der Waals surface area contributed by atoms with Crippen LogP contribution in [0.4, 0.5) is 0 Å². The molecule has 0 bridgehead atoms. The standard InChI is InChI=1S/C36H32N4O4/c1-41-29-15-13-21(17-31(29)43-3)33-35(27-19-37-23-9-5-7-11-25(23)39-27)34(22-14-16-30(42-2)32(18-22)44-4)36(33)28-20-38-24-10-6-8-12-26(24)40-28/h5-20,33-36H,1-4H3. The molecule has 2 aromatic heterocycles. The summed E-state index contributed by atoms with van der Waals surface area (Å²) in [6.07, 6.45) is 3.83. The molecular formula is C36H32N4O4. The molecule has 0 spiro atoms. The van der Waals surface area contributed by atoms with Gasteiger partial charge in [-0.1, -0.05) is 36.4 Å². The topological polar surface area (TPSA) is 88.5 Å². The molecule has 0 aliphatic heterocycles. The molecule has 1 saturated carbocycles. The van der Waals surface area contributed by atoms with Gasteiger partial charge >= 0.3 is 0 Å². The summed E-state index contributed by atoms with van der Waals surface area (Å²) in [6, 6.07) is 28.2. The van der Waals surface area contributed by atoms with Crippen molar-refractivity contribution in [3.8, 4) is 23.0 Å². The molecule has 220 valence electrons. The van der Waals surface area contributed by atoms with E-state index in [2.05, 4.69) is 24.3 Å². The first-order valence-electron chi connectivity index (χ1n) is 14.5. The van der Waals surface area contributed by atoms with Crippen molar-refractivity contribution in [1.82, 2.24) is 19.9 Å². The van der Waals surface area contributed by atoms with Crippen LogP contribution in [-0.4, -0.2) is 48.4 Å². The maximum Gasteiger partial charge on any atom is 0.160 e. The number of aromatic nitrogens is 4. The number of hydrogen-bond donors (Lipinski definition) is 0. The molecule has 7 rings (SSSR count). The van der Waals surface area contributed by atoms with Gasteiger partial charge in [-0.05, 0) is 59.7 Å². The Balaban J connectivity index is 1.46. The van der Waals surface area contributed by atoms with Gasteiger partial charge in [-0.2, -0.15) is 0 Å². The molecule has 1 fully saturated rings. The van der Waals surface area contributed by atoms with E-state index in [-0.39, 0.29) is 23.7 Å². The molecule has 44 heavy (non-hydrogen) atoms. The molecule has 8 heteroatoms. The number of nitrogens with zero attached hydrogens (tertiary/aromatic N) is 4. The van der Waals surface area contributed by atoms with Gasteiger partial charge < -0.3 is 18.9 Å². The zero-order valence-electron chi connectivity index (χ0n) is 25.0. The van der Waals surface area contributed by atoms with Crippen molar-refractivity contribution in [3.63, 3.8) is 0 Å². The van der Waals surface area contributed by atoms with Crippen molar-refractivity contribution in [3.05, 3.63) is 120 Å². The molecule has 0 amide bonds. The number of rotatable bonds is 8. The lowest BCUT2D eigenvalue weighted by atomic mass is 9.50. The Kier molecular flexibility index (Phi) is 7.18. The number of benzene rings is 4. The van der Waals surface area contributed by atoms with Crippen LogP contribution >= 0.6 is 0 Å². The summed E-state index contributed by atoms with van der Waals surface area (Å²) in [4.78, 5) is 20.0. The minimum absolute atomic E-state index is 0.0150. The second-order valence-corrected chi connectivity index (χ2v) is 10.9. The van der Waals surface area contributed by atoms with E-state index in [1.807, 2.05) is 73.1 Å². The zero-order chi connectivity index (χ0) is 30.2. The summed E-state index contributed by atoms with van der Waals surface area (Å²) in [7, 11) is 6.62. The Morgan fingerprint density at radius 2 is 0.818 bits per heavy atom. The molecule has 1 aliphatic carbocycles. The summed E-state index contributed by atoms with van der Waals surface area (Å²) < 4.78 is 22.7. The van der Waals surface area contributed by atoms with Gasteiger partial charge in [-0.15, -0.1) is 0 Å². The molecule has 1 aliphatic rings. The number of ether oxygens (including phenoxy) is 4. The van der Waals surface area contributed by atoms with Crippen molar-refractivity contribution in [2.45, 2.75) is 23.7 Å². The summed E-state index contributed by atoms with van der Waals surface area (Å²) in [5.41, 5.74) is 7.45. The fraction of sp³-hybridized carbons (Fsp3) is 0.222. The number of hydrogen-bond acceptors (Lipinski definition) is 8. The number of fused-ring (bicyclic) bond motifs is 2. The van der Waals surface area contributed by atoms with Crippen LogP contribution in [0.3, 0.4) is 0 Å². The van der Waals surface area contributed by atoms with Gasteiger partial charge in [0.05, 0.1) is 61.9 Å². The summed E-state index contributed by atoms with van der Waals surface area (Å²) in [5, 5.41) is 0. The first-order valence-corrected chi connectivity index (χ1v) is 14.5. The molecule has 0 atom stereocenters. The van der Waals surface area contributed by atoms with Crippen molar-refractivity contribution >= 4 is 22.1 Å². The third-order valence-electron chi connectivity index (χ3n) is 8.75. The van der Waals surface area contributed by atoms with Crippen molar-refractivity contribution in [2.75, 3.05) is 28.4 Å². The lowest BCUT2D eigenvalue weighted by Crippen LogP contribution is -2.41. The van der Waals surface area contributed by atoms with Crippen molar-refractivity contribution in [1.29, 1.82) is 0 Å². The van der Waals surface area contributed by atoms with Crippen LogP contribution < -0.4 is 18.9 Å². The fourth-order valence-electron chi connectivity index (χ4n) is 6.70. The molecule has 0 radical (unpaired) electrons. The lowest BCUT2D eigenvalue weighted by molar-refractivity contribution is 0.218. The summed E-state index contributed by atoms with van der Waals surface area (Å²) in [6.45, 7) is 0. The molecule has 0 unspecified atom stereocenters. The average Bonchev–Trinajstić information content (AvgIpc) is 3.07. The maximum atomic E-state index is 5.75. The largest absolute Gasteiger partial charge is 0.493 e. The van der Waals surface area contributed by atoms with Crippen molar-refractivity contribution in [2.24, 2.45) is 0 Å². The Hall–Kier alpha value is -5.24. The first kappa shape index (κ1) is 27.6. The third-order valence-corrected chi connectivity index (χ3v) is 8.75. The highest BCUT2D eigenvalue weighted by atomic mass is 16.5. The van der Waals surface area contributed by atoms with Gasteiger partial charge in [0.2, 0.25) is 0 Å². The van der Waals surface area contributed by atoms with Gasteiger partial charge in [-0.25, -0.2) is 9.97 Å². The minimum atomic E-state index is -0.0402. The van der Waals surface area contributed by atoms with Crippen LogP contribution in [0, 0.1) is 0 Å². The Labute approximate surface area is 255 Å². The Bertz CT molecular complexity index is 1830. The molecule has 6 aromatic rings. The van der Waals surface area contributed by atoms with Gasteiger partial charge in [0.25, 0.3) is 0 Å². The molecule has 0 N–H and O–H groups in total. The molecular weight excluding hydrogens is 552 g/mol. The zero-order valence-corrected chi connectivity index (χ0v) is 25.0. The highest BCUT2D eigenvalue weighted by Crippen LogP contribution is 2.66. The van der Waals surface area contributed by atoms with E-state index in [9.17, 15) is 0 Å². The van der Waals surface area contributed by atoms with Crippen LogP contribution in [0.25, 0.3) is 22.1 Å². The Morgan fingerprint density at radius 3 is 1.20 bits per heavy atom. The molecule has 4 aromatic carbocycles. The second kappa shape index (κ2) is 11.4. The predicted octanol–water partition coefficient (Wildman–Crippen LogP) is 7.06. The highest BCUT2D eigenvalue weighted by molar-refractivity contribution is 5.75. The van der Waals surface area contributed by atoms with E-state index in [0.29, 0.717) is 23.0 Å². The third kappa shape index (κ3) is 4.63. The maximum absolute atomic E-state index is 5.75. The summed E-state index contributed by atoms with van der Waals surface area (Å²) in [5.74, 6) is 2.59. The van der Waals surface area contributed by atoms with Gasteiger partial charge in [0.15, 0.2) is 23.0 Å². The van der Waals surface area contributed by atoms with Crippen LogP contribution in [-0.2, 0) is 0 Å². The van der Waals surface area contributed by atoms with Gasteiger partial charge in [0.1, 0.15) is 0 Å². The Morgan fingerprint density at radius 1 is 0.432 bits per heavy atom. The second-order valence-electron chi connectivity index (χ2n) is 10.9. The predicted molar refractivity (Wildman–Crippen MR) is 169 cm³/mol. The van der Waals surface area contributed by atoms with E-state index < -0.39 is 0 Å². The summed E-state index contributed by atoms with van der Waals surface area (Å²) >= 11 is 0. The smallest absolute Gasteiger partial charge is 0.160 e. The number of methoxy groups -OCH3 is 4. The quantitative estimate of drug-likeness (QED) is 0.188. The van der Waals surface area contributed by atoms with Crippen LogP contribution in [0.5, 0.6) is 23.0 Å². The first-order chi connectivity index (χ1) is 21.6. The van der Waals surface area contributed by atoms with Gasteiger partial charge in [0, 0.05) is 36.1 Å². The highest BCUT2D eigenvalue weighted by Gasteiger charge is 2.54. The van der Waals surface area contributed by atoms with Crippen LogP contribution in [0.15, 0.2) is 97.3 Å². The van der Waals surface area contributed by atoms with Crippen molar-refractivity contribution < 1.29 is 18.9 Å². The lowest BCUT2D eigenvalue weighted by Gasteiger charge is -2.52. The monoisotopic (exact) mass is 584 g/mol. The van der Waals surface area contributed by atoms with E-state index in [1.54, 1.807) is 28.4 Å². The normalized spacial score (nSPS) is 19.4. The average molecular weight is 585 g/mol. The molecule has 0 saturated heterocycles. The SMILES string of the molecule is COc1ccc(C2C(c3cnc4ccccc4n3)C(c3ccc(OC)c(OC)c3)C2c2cnc3ccccc3n2)cc1OC. The van der Waals surface area contributed by atoms with E-state index in [4.69, 9.17) is 38.9 Å². The molecule has 8 nitrogen and oxygen atoms in total. The van der Waals surface area contributed by atoms with Crippen LogP contribution in [0.1, 0.15) is 46.2 Å². The van der Waals surface area contributed by atoms with Gasteiger partial charge in [-0.3, -0.25) is 9.97 Å². The van der Waals surface area contributed by atoms with E-state index in [1.165, 1.54) is 0 Å².